The molecule has 0 unspecified atom stereocenters. The van der Waals surface area contributed by atoms with Gasteiger partial charge in [-0.2, -0.15) is 4.52 Å². The van der Waals surface area contributed by atoms with Crippen LogP contribution in [0.2, 0.25) is 0 Å². The maximum Gasteiger partial charge on any atom is 0.225 e. The molecule has 5 rings (SSSR count). The van der Waals surface area contributed by atoms with Crippen molar-refractivity contribution in [2.45, 2.75) is 19.4 Å². The Labute approximate surface area is 168 Å². The molecule has 0 atom stereocenters. The first-order valence-corrected chi connectivity index (χ1v) is 9.64. The van der Waals surface area contributed by atoms with E-state index in [-0.39, 0.29) is 0 Å². The van der Waals surface area contributed by atoms with Gasteiger partial charge >= 0.3 is 0 Å². The van der Waals surface area contributed by atoms with Gasteiger partial charge in [-0.15, -0.1) is 15.3 Å². The molecule has 0 aliphatic carbocycles. The summed E-state index contributed by atoms with van der Waals surface area (Å²) in [4.78, 5) is 17.5. The third-order valence-electron chi connectivity index (χ3n) is 5.32. The molecule has 0 bridgehead atoms. The molecule has 0 saturated carbocycles. The smallest absolute Gasteiger partial charge is 0.225 e. The van der Waals surface area contributed by atoms with Crippen LogP contribution in [0.15, 0.2) is 49.1 Å². The van der Waals surface area contributed by atoms with Crippen LogP contribution in [0.1, 0.15) is 12.5 Å². The topological polar surface area (TPSA) is 88.2 Å². The Morgan fingerprint density at radius 2 is 1.90 bits per heavy atom. The van der Waals surface area contributed by atoms with E-state index in [1.807, 2.05) is 43.7 Å². The van der Waals surface area contributed by atoms with E-state index >= 15 is 0 Å². The van der Waals surface area contributed by atoms with Crippen molar-refractivity contribution in [3.63, 3.8) is 0 Å². The fourth-order valence-electron chi connectivity index (χ4n) is 3.39. The number of anilines is 2. The fourth-order valence-corrected chi connectivity index (χ4v) is 3.39. The highest BCUT2D eigenvalue weighted by molar-refractivity contribution is 5.59. The maximum atomic E-state index is 4.76. The zero-order valence-electron chi connectivity index (χ0n) is 16.3. The van der Waals surface area contributed by atoms with Gasteiger partial charge in [-0.3, -0.25) is 4.98 Å². The van der Waals surface area contributed by atoms with Crippen LogP contribution in [0.25, 0.3) is 17.0 Å². The molecule has 0 radical (unpaired) electrons. The fraction of sp³-hybridized carbons (Fsp3) is 0.300. The molecule has 0 N–H and O–H groups in total. The van der Waals surface area contributed by atoms with E-state index in [2.05, 4.69) is 41.9 Å². The number of hydrogen-bond acceptors (Lipinski definition) is 8. The second-order valence-corrected chi connectivity index (χ2v) is 7.14. The zero-order valence-corrected chi connectivity index (χ0v) is 16.3. The van der Waals surface area contributed by atoms with Crippen LogP contribution < -0.4 is 9.80 Å². The number of nitrogens with zero attached hydrogens (tertiary/aromatic N) is 9. The average Bonchev–Trinajstić information content (AvgIpc) is 3.17. The Morgan fingerprint density at radius 1 is 1.07 bits per heavy atom. The Kier molecular flexibility index (Phi) is 4.27. The largest absolute Gasteiger partial charge is 0.351 e. The molecule has 146 valence electrons. The minimum atomic E-state index is 0.346. The van der Waals surface area contributed by atoms with Gasteiger partial charge in [0.2, 0.25) is 5.95 Å². The normalized spacial score (nSPS) is 14.2. The van der Waals surface area contributed by atoms with Crippen molar-refractivity contribution in [2.24, 2.45) is 0 Å². The first-order valence-electron chi connectivity index (χ1n) is 9.64. The molecule has 1 fully saturated rings. The van der Waals surface area contributed by atoms with Crippen LogP contribution in [0.5, 0.6) is 0 Å². The molecule has 29 heavy (non-hydrogen) atoms. The van der Waals surface area contributed by atoms with Crippen molar-refractivity contribution >= 4 is 17.4 Å². The van der Waals surface area contributed by atoms with Crippen LogP contribution in [-0.4, -0.2) is 60.9 Å². The minimum absolute atomic E-state index is 0.346. The van der Waals surface area contributed by atoms with Gasteiger partial charge in [0.1, 0.15) is 5.82 Å². The lowest BCUT2D eigenvalue weighted by atomic mass is 10.1. The summed E-state index contributed by atoms with van der Waals surface area (Å²) in [7, 11) is 2.04. The van der Waals surface area contributed by atoms with Gasteiger partial charge < -0.3 is 9.80 Å². The number of rotatable bonds is 5. The molecule has 9 nitrogen and oxygen atoms in total. The number of pyridine rings is 1. The van der Waals surface area contributed by atoms with Gasteiger partial charge in [-0.25, -0.2) is 9.97 Å². The lowest BCUT2D eigenvalue weighted by Crippen LogP contribution is -2.59. The summed E-state index contributed by atoms with van der Waals surface area (Å²) in [5.74, 6) is 2.34. The molecule has 0 amide bonds. The Hall–Kier alpha value is -3.62. The summed E-state index contributed by atoms with van der Waals surface area (Å²) in [5, 5.41) is 13.3. The Bertz CT molecular complexity index is 1120. The van der Waals surface area contributed by atoms with Gasteiger partial charge in [0.25, 0.3) is 0 Å². The van der Waals surface area contributed by atoms with Gasteiger partial charge in [-0.1, -0.05) is 6.92 Å². The summed E-state index contributed by atoms with van der Waals surface area (Å²) in [5.41, 5.74) is 2.75. The molecule has 4 aromatic rings. The molecular weight excluding hydrogens is 366 g/mol. The monoisotopic (exact) mass is 387 g/mol. The Balaban J connectivity index is 1.33. The lowest BCUT2D eigenvalue weighted by Gasteiger charge is -2.44. The molecule has 1 saturated heterocycles. The molecular formula is C20H21N9. The standard InChI is InChI=1S/C20H21N9/c1-3-14-9-22-20(23-10-14)27(2)16-12-28(13-16)18-7-6-17-24-25-19(29(17)26-18)15-5-4-8-21-11-15/h4-11,16H,3,12-13H2,1-2H3. The third-order valence-corrected chi connectivity index (χ3v) is 5.32. The lowest BCUT2D eigenvalue weighted by molar-refractivity contribution is 0.484. The third kappa shape index (κ3) is 3.14. The van der Waals surface area contributed by atoms with E-state index < -0.39 is 0 Å². The summed E-state index contributed by atoms with van der Waals surface area (Å²) >= 11 is 0. The minimum Gasteiger partial charge on any atom is -0.351 e. The van der Waals surface area contributed by atoms with Crippen LogP contribution in [0, 0.1) is 0 Å². The number of hydrogen-bond donors (Lipinski definition) is 0. The van der Waals surface area contributed by atoms with Crippen LogP contribution in [0.4, 0.5) is 11.8 Å². The second kappa shape index (κ2) is 7.08. The van der Waals surface area contributed by atoms with Crippen molar-refractivity contribution < 1.29 is 0 Å². The van der Waals surface area contributed by atoms with Crippen LogP contribution in [0.3, 0.4) is 0 Å². The summed E-state index contributed by atoms with van der Waals surface area (Å²) < 4.78 is 1.77. The summed E-state index contributed by atoms with van der Waals surface area (Å²) in [6.07, 6.45) is 8.25. The van der Waals surface area contributed by atoms with Crippen molar-refractivity contribution in [1.82, 2.24) is 34.8 Å². The van der Waals surface area contributed by atoms with E-state index in [1.54, 1.807) is 16.9 Å². The maximum absolute atomic E-state index is 4.76. The van der Waals surface area contributed by atoms with Gasteiger partial charge in [0.15, 0.2) is 11.5 Å². The highest BCUT2D eigenvalue weighted by Gasteiger charge is 2.32. The first kappa shape index (κ1) is 17.5. The van der Waals surface area contributed by atoms with Crippen LogP contribution in [-0.2, 0) is 6.42 Å². The summed E-state index contributed by atoms with van der Waals surface area (Å²) in [6, 6.07) is 8.11. The predicted octanol–water partition coefficient (Wildman–Crippen LogP) is 1.86. The molecule has 5 heterocycles. The van der Waals surface area contributed by atoms with E-state index in [0.29, 0.717) is 17.5 Å². The van der Waals surface area contributed by atoms with E-state index in [1.165, 1.54) is 0 Å². The Morgan fingerprint density at radius 3 is 2.62 bits per heavy atom. The SMILES string of the molecule is CCc1cnc(N(C)C2CN(c3ccc4nnc(-c5cccnc5)n4n3)C2)nc1. The van der Waals surface area contributed by atoms with Crippen molar-refractivity contribution in [1.29, 1.82) is 0 Å². The zero-order chi connectivity index (χ0) is 19.8. The predicted molar refractivity (Wildman–Crippen MR) is 110 cm³/mol. The molecule has 0 aromatic carbocycles. The number of fused-ring (bicyclic) bond motifs is 1. The highest BCUT2D eigenvalue weighted by Crippen LogP contribution is 2.24. The number of aryl methyl sites for hydroxylation is 1. The van der Waals surface area contributed by atoms with Crippen molar-refractivity contribution in [2.75, 3.05) is 29.9 Å². The van der Waals surface area contributed by atoms with E-state index in [4.69, 9.17) is 5.10 Å². The van der Waals surface area contributed by atoms with Gasteiger partial charge in [0.05, 0.1) is 6.04 Å². The van der Waals surface area contributed by atoms with E-state index in [9.17, 15) is 0 Å². The molecule has 9 heteroatoms. The van der Waals surface area contributed by atoms with Crippen LogP contribution >= 0.6 is 0 Å². The molecule has 0 spiro atoms. The second-order valence-electron chi connectivity index (χ2n) is 7.14. The number of likely N-dealkylation sites (N-methyl/N-ethyl adjacent to an activating group) is 1. The highest BCUT2D eigenvalue weighted by atomic mass is 15.4. The van der Waals surface area contributed by atoms with Crippen molar-refractivity contribution in [3.05, 3.63) is 54.6 Å². The van der Waals surface area contributed by atoms with E-state index in [0.717, 1.165) is 42.4 Å². The molecule has 1 aliphatic rings. The first-order chi connectivity index (χ1) is 14.2. The quantitative estimate of drug-likeness (QED) is 0.513. The van der Waals surface area contributed by atoms with Gasteiger partial charge in [-0.05, 0) is 36.2 Å². The molecule has 4 aromatic heterocycles. The van der Waals surface area contributed by atoms with Gasteiger partial charge in [0, 0.05) is 50.5 Å². The number of aromatic nitrogens is 7. The average molecular weight is 387 g/mol. The molecule has 1 aliphatic heterocycles. The van der Waals surface area contributed by atoms with Crippen molar-refractivity contribution in [3.8, 4) is 11.4 Å². The summed E-state index contributed by atoms with van der Waals surface area (Å²) in [6.45, 7) is 3.82.